The summed E-state index contributed by atoms with van der Waals surface area (Å²) in [5.74, 6) is 0. The first-order valence-corrected chi connectivity index (χ1v) is 8.01. The number of aryl methyl sites for hydroxylation is 1. The molecule has 3 nitrogen and oxygen atoms in total. The fourth-order valence-corrected chi connectivity index (χ4v) is 2.85. The Labute approximate surface area is 136 Å². The van der Waals surface area contributed by atoms with E-state index in [1.54, 1.807) is 18.5 Å². The third kappa shape index (κ3) is 2.91. The van der Waals surface area contributed by atoms with Crippen molar-refractivity contribution in [2.75, 3.05) is 0 Å². The number of pyridine rings is 2. The largest absolute Gasteiger partial charge is 0.354 e. The molecule has 0 saturated carbocycles. The summed E-state index contributed by atoms with van der Waals surface area (Å²) in [6, 6.07) is 10.1. The molecular formula is C20H22N2O. The zero-order chi connectivity index (χ0) is 16.6. The number of hydrogen-bond acceptors (Lipinski definition) is 2. The first kappa shape index (κ1) is 15.5. The van der Waals surface area contributed by atoms with Crippen LogP contribution < -0.4 is 5.43 Å². The van der Waals surface area contributed by atoms with Crippen LogP contribution in [0.25, 0.3) is 22.2 Å². The maximum atomic E-state index is 12.3. The molecule has 3 aromatic rings. The van der Waals surface area contributed by atoms with Crippen molar-refractivity contribution < 1.29 is 0 Å². The van der Waals surface area contributed by atoms with Gasteiger partial charge in [0.1, 0.15) is 0 Å². The molecule has 3 heteroatoms. The monoisotopic (exact) mass is 306 g/mol. The van der Waals surface area contributed by atoms with Crippen LogP contribution in [0.5, 0.6) is 0 Å². The van der Waals surface area contributed by atoms with Crippen LogP contribution in [0.2, 0.25) is 0 Å². The van der Waals surface area contributed by atoms with Crippen molar-refractivity contribution >= 4 is 10.9 Å². The zero-order valence-electron chi connectivity index (χ0n) is 14.1. The average Bonchev–Trinajstić information content (AvgIpc) is 2.53. The molecule has 1 aromatic carbocycles. The second kappa shape index (κ2) is 5.65. The molecule has 2 aromatic heterocycles. The van der Waals surface area contributed by atoms with Crippen molar-refractivity contribution in [2.24, 2.45) is 0 Å². The molecule has 23 heavy (non-hydrogen) atoms. The lowest BCUT2D eigenvalue weighted by Crippen LogP contribution is -2.12. The molecule has 0 saturated heterocycles. The summed E-state index contributed by atoms with van der Waals surface area (Å²) in [7, 11) is 0. The molecule has 0 aliphatic heterocycles. The number of rotatable bonds is 2. The van der Waals surface area contributed by atoms with E-state index in [4.69, 9.17) is 0 Å². The number of hydrogen-bond donors (Lipinski definition) is 1. The Morgan fingerprint density at radius 2 is 1.91 bits per heavy atom. The molecule has 0 unspecified atom stereocenters. The van der Waals surface area contributed by atoms with Crippen LogP contribution in [-0.2, 0) is 11.8 Å². The van der Waals surface area contributed by atoms with E-state index in [0.717, 1.165) is 23.2 Å². The molecule has 0 aliphatic carbocycles. The molecular weight excluding hydrogens is 284 g/mol. The lowest BCUT2D eigenvalue weighted by atomic mass is 9.84. The van der Waals surface area contributed by atoms with Crippen molar-refractivity contribution in [2.45, 2.75) is 39.5 Å². The fourth-order valence-electron chi connectivity index (χ4n) is 2.85. The Hall–Kier alpha value is -2.42. The third-order valence-electron chi connectivity index (χ3n) is 4.27. The molecule has 0 radical (unpaired) electrons. The first-order chi connectivity index (χ1) is 10.9. The van der Waals surface area contributed by atoms with Crippen molar-refractivity contribution in [3.8, 4) is 11.3 Å². The second-order valence-corrected chi connectivity index (χ2v) is 6.94. The van der Waals surface area contributed by atoms with E-state index in [1.807, 2.05) is 6.07 Å². The van der Waals surface area contributed by atoms with Crippen molar-refractivity contribution in [1.82, 2.24) is 9.97 Å². The van der Waals surface area contributed by atoms with E-state index in [9.17, 15) is 4.79 Å². The summed E-state index contributed by atoms with van der Waals surface area (Å²) in [4.78, 5) is 19.7. The van der Waals surface area contributed by atoms with Gasteiger partial charge in [0.15, 0.2) is 5.43 Å². The van der Waals surface area contributed by atoms with Gasteiger partial charge in [-0.3, -0.25) is 9.78 Å². The number of aromatic amines is 1. The normalized spacial score (nSPS) is 11.8. The minimum atomic E-state index is 0.00352. The predicted molar refractivity (Wildman–Crippen MR) is 95.9 cm³/mol. The number of H-pyrrole nitrogens is 1. The van der Waals surface area contributed by atoms with Crippen molar-refractivity contribution in [3.63, 3.8) is 0 Å². The van der Waals surface area contributed by atoms with E-state index >= 15 is 0 Å². The number of aromatic nitrogens is 2. The highest BCUT2D eigenvalue weighted by molar-refractivity contribution is 5.81. The molecule has 2 heterocycles. The molecule has 0 spiro atoms. The smallest absolute Gasteiger partial charge is 0.191 e. The van der Waals surface area contributed by atoms with Crippen LogP contribution in [0.3, 0.4) is 0 Å². The first-order valence-electron chi connectivity index (χ1n) is 8.01. The van der Waals surface area contributed by atoms with Gasteiger partial charge in [0.05, 0.1) is 10.9 Å². The van der Waals surface area contributed by atoms with Gasteiger partial charge in [-0.25, -0.2) is 0 Å². The molecule has 0 atom stereocenters. The lowest BCUT2D eigenvalue weighted by molar-refractivity contribution is 0.589. The van der Waals surface area contributed by atoms with Gasteiger partial charge < -0.3 is 4.98 Å². The summed E-state index contributed by atoms with van der Waals surface area (Å²) in [6.45, 7) is 8.79. The van der Waals surface area contributed by atoms with E-state index < -0.39 is 0 Å². The highest BCUT2D eigenvalue weighted by Crippen LogP contribution is 2.29. The standard InChI is InChI=1S/C20H22N2O/c1-5-13-10-14(20(2,3)4)6-7-15(13)18-11-19(23)16-12-21-9-8-17(16)22-18/h6-12H,5H2,1-4H3,(H,22,23). The highest BCUT2D eigenvalue weighted by Gasteiger charge is 2.16. The van der Waals surface area contributed by atoms with Crippen LogP contribution in [0.15, 0.2) is 47.5 Å². The summed E-state index contributed by atoms with van der Waals surface area (Å²) in [6.07, 6.45) is 4.24. The third-order valence-corrected chi connectivity index (χ3v) is 4.27. The zero-order valence-corrected chi connectivity index (χ0v) is 14.1. The van der Waals surface area contributed by atoms with Gasteiger partial charge in [0, 0.05) is 29.7 Å². The summed E-state index contributed by atoms with van der Waals surface area (Å²) >= 11 is 0. The van der Waals surface area contributed by atoms with Gasteiger partial charge in [-0.05, 0) is 29.0 Å². The maximum Gasteiger partial charge on any atom is 0.191 e. The predicted octanol–water partition coefficient (Wildman–Crippen LogP) is 4.45. The van der Waals surface area contributed by atoms with E-state index in [2.05, 4.69) is 55.9 Å². The molecule has 0 fully saturated rings. The van der Waals surface area contributed by atoms with Crippen LogP contribution in [0.1, 0.15) is 38.8 Å². The number of nitrogens with zero attached hydrogens (tertiary/aromatic N) is 1. The Morgan fingerprint density at radius 3 is 2.61 bits per heavy atom. The van der Waals surface area contributed by atoms with Gasteiger partial charge in [-0.15, -0.1) is 0 Å². The van der Waals surface area contributed by atoms with Gasteiger partial charge >= 0.3 is 0 Å². The Balaban J connectivity index is 2.20. The summed E-state index contributed by atoms with van der Waals surface area (Å²) < 4.78 is 0. The molecule has 0 bridgehead atoms. The second-order valence-electron chi connectivity index (χ2n) is 6.94. The Kier molecular flexibility index (Phi) is 3.80. The summed E-state index contributed by atoms with van der Waals surface area (Å²) in [5.41, 5.74) is 5.47. The van der Waals surface area contributed by atoms with E-state index in [0.29, 0.717) is 5.39 Å². The van der Waals surface area contributed by atoms with Crippen molar-refractivity contribution in [1.29, 1.82) is 0 Å². The minimum absolute atomic E-state index is 0.00352. The van der Waals surface area contributed by atoms with Crippen LogP contribution in [0, 0.1) is 0 Å². The molecule has 0 amide bonds. The van der Waals surface area contributed by atoms with Crippen LogP contribution in [-0.4, -0.2) is 9.97 Å². The lowest BCUT2D eigenvalue weighted by Gasteiger charge is -2.21. The molecule has 0 aliphatic rings. The molecule has 1 N–H and O–H groups in total. The van der Waals surface area contributed by atoms with Crippen LogP contribution in [0.4, 0.5) is 0 Å². The van der Waals surface area contributed by atoms with Crippen LogP contribution >= 0.6 is 0 Å². The van der Waals surface area contributed by atoms with Gasteiger partial charge in [0.2, 0.25) is 0 Å². The van der Waals surface area contributed by atoms with Gasteiger partial charge in [-0.1, -0.05) is 45.9 Å². The van der Waals surface area contributed by atoms with E-state index in [-0.39, 0.29) is 10.8 Å². The van der Waals surface area contributed by atoms with E-state index in [1.165, 1.54) is 11.1 Å². The number of benzene rings is 1. The quantitative estimate of drug-likeness (QED) is 0.760. The fraction of sp³-hybridized carbons (Fsp3) is 0.300. The number of fused-ring (bicyclic) bond motifs is 1. The maximum absolute atomic E-state index is 12.3. The van der Waals surface area contributed by atoms with Crippen molar-refractivity contribution in [3.05, 3.63) is 64.1 Å². The molecule has 118 valence electrons. The molecule has 3 rings (SSSR count). The SMILES string of the molecule is CCc1cc(C(C)(C)C)ccc1-c1cc(=O)c2cnccc2[nH]1. The Bertz CT molecular complexity index is 917. The summed E-state index contributed by atoms with van der Waals surface area (Å²) in [5, 5.41) is 0.626. The average molecular weight is 306 g/mol. The Morgan fingerprint density at radius 1 is 1.13 bits per heavy atom. The van der Waals surface area contributed by atoms with Gasteiger partial charge in [0.25, 0.3) is 0 Å². The minimum Gasteiger partial charge on any atom is -0.354 e. The number of nitrogens with one attached hydrogen (secondary N) is 1. The topological polar surface area (TPSA) is 45.8 Å². The highest BCUT2D eigenvalue weighted by atomic mass is 16.1. The van der Waals surface area contributed by atoms with Gasteiger partial charge in [-0.2, -0.15) is 0 Å².